The molecule has 0 spiro atoms. The monoisotopic (exact) mass is 237 g/mol. The first kappa shape index (κ1) is 13.9. The van der Waals surface area contributed by atoms with Crippen LogP contribution >= 0.6 is 0 Å². The fourth-order valence-electron chi connectivity index (χ4n) is 1.55. The molecule has 0 atom stereocenters. The molecule has 96 valence electrons. The lowest BCUT2D eigenvalue weighted by molar-refractivity contribution is 0.158. The maximum absolute atomic E-state index is 5.05. The predicted octanol–water partition coefficient (Wildman–Crippen LogP) is 1.98. The fraction of sp³-hybridized carbons (Fsp3) is 0.615. The lowest BCUT2D eigenvalue weighted by atomic mass is 10.3. The average Bonchev–Trinajstić information content (AvgIpc) is 2.34. The van der Waals surface area contributed by atoms with Crippen LogP contribution in [0.3, 0.4) is 0 Å². The number of nitrogens with zero attached hydrogens (tertiary/aromatic N) is 2. The van der Waals surface area contributed by atoms with Gasteiger partial charge in [-0.2, -0.15) is 0 Å². The lowest BCUT2D eigenvalue weighted by Crippen LogP contribution is -2.22. The summed E-state index contributed by atoms with van der Waals surface area (Å²) in [7, 11) is 3.80. The van der Waals surface area contributed by atoms with Gasteiger partial charge in [0.05, 0.1) is 12.3 Å². The topological polar surface area (TPSA) is 37.4 Å². The van der Waals surface area contributed by atoms with E-state index in [1.807, 2.05) is 12.3 Å². The first-order chi connectivity index (χ1) is 8.26. The summed E-state index contributed by atoms with van der Waals surface area (Å²) in [5.74, 6) is 0. The van der Waals surface area contributed by atoms with Gasteiger partial charge in [0.25, 0.3) is 0 Å². The van der Waals surface area contributed by atoms with Crippen molar-refractivity contribution in [3.63, 3.8) is 0 Å². The number of pyridine rings is 1. The molecular weight excluding hydrogens is 214 g/mol. The van der Waals surface area contributed by atoms with Crippen LogP contribution in [0.15, 0.2) is 18.3 Å². The van der Waals surface area contributed by atoms with Gasteiger partial charge < -0.3 is 10.1 Å². The van der Waals surface area contributed by atoms with E-state index in [1.165, 1.54) is 0 Å². The Morgan fingerprint density at radius 2 is 2.29 bits per heavy atom. The van der Waals surface area contributed by atoms with Crippen LogP contribution in [0.25, 0.3) is 0 Å². The summed E-state index contributed by atoms with van der Waals surface area (Å²) < 4.78 is 5.05. The van der Waals surface area contributed by atoms with E-state index < -0.39 is 0 Å². The van der Waals surface area contributed by atoms with Crippen molar-refractivity contribution >= 4 is 5.69 Å². The van der Waals surface area contributed by atoms with Crippen molar-refractivity contribution in [3.8, 4) is 0 Å². The summed E-state index contributed by atoms with van der Waals surface area (Å²) in [6.07, 6.45) is 2.99. The second kappa shape index (κ2) is 8.03. The van der Waals surface area contributed by atoms with Crippen LogP contribution < -0.4 is 5.32 Å². The molecule has 0 unspecified atom stereocenters. The minimum atomic E-state index is 0.754. The number of likely N-dealkylation sites (N-methyl/N-ethyl adjacent to an activating group) is 1. The van der Waals surface area contributed by atoms with Gasteiger partial charge in [0.15, 0.2) is 0 Å². The molecule has 1 aromatic rings. The van der Waals surface area contributed by atoms with E-state index in [0.717, 1.165) is 44.0 Å². The summed E-state index contributed by atoms with van der Waals surface area (Å²) >= 11 is 0. The molecule has 4 nitrogen and oxygen atoms in total. The zero-order valence-corrected chi connectivity index (χ0v) is 11.1. The highest BCUT2D eigenvalue weighted by molar-refractivity contribution is 5.43. The Bertz CT molecular complexity index is 317. The van der Waals surface area contributed by atoms with Gasteiger partial charge in [-0.1, -0.05) is 6.92 Å². The Labute approximate surface area is 104 Å². The molecule has 0 aliphatic heterocycles. The van der Waals surface area contributed by atoms with Crippen molar-refractivity contribution in [3.05, 3.63) is 24.0 Å². The molecule has 1 rings (SSSR count). The smallest absolute Gasteiger partial charge is 0.0589 e. The van der Waals surface area contributed by atoms with Crippen LogP contribution in [0, 0.1) is 0 Å². The molecule has 0 fully saturated rings. The van der Waals surface area contributed by atoms with Crippen LogP contribution in [0.4, 0.5) is 5.69 Å². The van der Waals surface area contributed by atoms with E-state index >= 15 is 0 Å². The second-order valence-electron chi connectivity index (χ2n) is 4.19. The van der Waals surface area contributed by atoms with Gasteiger partial charge in [-0.25, -0.2) is 0 Å². The molecule has 0 saturated heterocycles. The van der Waals surface area contributed by atoms with Crippen LogP contribution in [0.2, 0.25) is 0 Å². The van der Waals surface area contributed by atoms with Gasteiger partial charge in [-0.05, 0) is 25.6 Å². The lowest BCUT2D eigenvalue weighted by Gasteiger charge is -2.16. The molecule has 0 saturated carbocycles. The highest BCUT2D eigenvalue weighted by Crippen LogP contribution is 2.09. The molecule has 4 heteroatoms. The van der Waals surface area contributed by atoms with Gasteiger partial charge >= 0.3 is 0 Å². The van der Waals surface area contributed by atoms with Crippen molar-refractivity contribution < 1.29 is 4.74 Å². The maximum Gasteiger partial charge on any atom is 0.0589 e. The van der Waals surface area contributed by atoms with Crippen LogP contribution in [0.1, 0.15) is 19.0 Å². The molecule has 0 aromatic carbocycles. The number of ether oxygens (including phenoxy) is 1. The molecular formula is C13H23N3O. The Kier molecular flexibility index (Phi) is 6.58. The van der Waals surface area contributed by atoms with E-state index in [4.69, 9.17) is 4.74 Å². The third-order valence-corrected chi connectivity index (χ3v) is 2.50. The largest absolute Gasteiger partial charge is 0.385 e. The average molecular weight is 237 g/mol. The Balaban J connectivity index is 2.47. The van der Waals surface area contributed by atoms with Crippen LogP contribution in [-0.2, 0) is 11.3 Å². The zero-order valence-electron chi connectivity index (χ0n) is 11.1. The van der Waals surface area contributed by atoms with Gasteiger partial charge in [0.2, 0.25) is 0 Å². The molecule has 1 N–H and O–H groups in total. The maximum atomic E-state index is 5.05. The Hall–Kier alpha value is -1.13. The van der Waals surface area contributed by atoms with Crippen molar-refractivity contribution in [2.75, 3.05) is 39.2 Å². The number of rotatable bonds is 8. The molecule has 0 aliphatic carbocycles. The third-order valence-electron chi connectivity index (χ3n) is 2.50. The number of hydrogen-bond donors (Lipinski definition) is 1. The van der Waals surface area contributed by atoms with Crippen molar-refractivity contribution in [1.82, 2.24) is 9.88 Å². The van der Waals surface area contributed by atoms with Gasteiger partial charge in [0, 0.05) is 38.6 Å². The van der Waals surface area contributed by atoms with E-state index in [2.05, 4.69) is 35.2 Å². The number of aromatic nitrogens is 1. The first-order valence-corrected chi connectivity index (χ1v) is 6.12. The van der Waals surface area contributed by atoms with E-state index in [-0.39, 0.29) is 0 Å². The molecule has 0 radical (unpaired) electrons. The van der Waals surface area contributed by atoms with Crippen LogP contribution in [-0.4, -0.2) is 43.7 Å². The van der Waals surface area contributed by atoms with Crippen molar-refractivity contribution in [2.24, 2.45) is 0 Å². The standard InChI is InChI=1S/C13H23N3O/c1-4-6-14-12-5-7-15-13(10-12)11-16(2)8-9-17-3/h5,7,10H,4,6,8-9,11H2,1-3H3,(H,14,15). The molecule has 0 aliphatic rings. The third kappa shape index (κ3) is 5.65. The molecule has 0 bridgehead atoms. The Morgan fingerprint density at radius 3 is 3.00 bits per heavy atom. The molecule has 17 heavy (non-hydrogen) atoms. The van der Waals surface area contributed by atoms with Crippen molar-refractivity contribution in [1.29, 1.82) is 0 Å². The van der Waals surface area contributed by atoms with Crippen molar-refractivity contribution in [2.45, 2.75) is 19.9 Å². The minimum absolute atomic E-state index is 0.754. The summed E-state index contributed by atoms with van der Waals surface area (Å²) in [5.41, 5.74) is 2.24. The quantitative estimate of drug-likeness (QED) is 0.750. The number of nitrogens with one attached hydrogen (secondary N) is 1. The second-order valence-corrected chi connectivity index (χ2v) is 4.19. The predicted molar refractivity (Wildman–Crippen MR) is 71.2 cm³/mol. The van der Waals surface area contributed by atoms with Gasteiger partial charge in [-0.3, -0.25) is 9.88 Å². The number of methoxy groups -OCH3 is 1. The normalized spacial score (nSPS) is 10.8. The fourth-order valence-corrected chi connectivity index (χ4v) is 1.55. The van der Waals surface area contributed by atoms with Crippen LogP contribution in [0.5, 0.6) is 0 Å². The van der Waals surface area contributed by atoms with E-state index in [0.29, 0.717) is 0 Å². The Morgan fingerprint density at radius 1 is 1.47 bits per heavy atom. The zero-order chi connectivity index (χ0) is 12.5. The summed E-state index contributed by atoms with van der Waals surface area (Å²) in [6, 6.07) is 4.12. The highest BCUT2D eigenvalue weighted by Gasteiger charge is 2.02. The SMILES string of the molecule is CCCNc1ccnc(CN(C)CCOC)c1. The highest BCUT2D eigenvalue weighted by atomic mass is 16.5. The summed E-state index contributed by atoms with van der Waals surface area (Å²) in [4.78, 5) is 6.58. The molecule has 1 heterocycles. The summed E-state index contributed by atoms with van der Waals surface area (Å²) in [5, 5.41) is 3.37. The van der Waals surface area contributed by atoms with E-state index in [1.54, 1.807) is 7.11 Å². The first-order valence-electron chi connectivity index (χ1n) is 6.12. The van der Waals surface area contributed by atoms with E-state index in [9.17, 15) is 0 Å². The molecule has 1 aromatic heterocycles. The number of anilines is 1. The van der Waals surface area contributed by atoms with Gasteiger partial charge in [-0.15, -0.1) is 0 Å². The van der Waals surface area contributed by atoms with Gasteiger partial charge in [0.1, 0.15) is 0 Å². The minimum Gasteiger partial charge on any atom is -0.385 e. The molecule has 0 amide bonds. The summed E-state index contributed by atoms with van der Waals surface area (Å²) in [6.45, 7) is 5.69. The number of hydrogen-bond acceptors (Lipinski definition) is 4.